The van der Waals surface area contributed by atoms with Crippen molar-refractivity contribution in [2.45, 2.75) is 54.0 Å². The monoisotopic (exact) mass is 259 g/mol. The van der Waals surface area contributed by atoms with Crippen LogP contribution < -0.4 is 5.32 Å². The minimum Gasteiger partial charge on any atom is -0.379 e. The summed E-state index contributed by atoms with van der Waals surface area (Å²) in [6.07, 6.45) is 1.10. The van der Waals surface area contributed by atoms with Gasteiger partial charge in [0, 0.05) is 19.2 Å². The normalized spacial score (nSPS) is 14.2. The first-order chi connectivity index (χ1) is 8.33. The average Bonchev–Trinajstić information content (AvgIpc) is 2.24. The first-order valence-corrected chi connectivity index (χ1v) is 7.22. The highest BCUT2D eigenvalue weighted by Crippen LogP contribution is 2.17. The Morgan fingerprint density at radius 1 is 0.889 bits per heavy atom. The topological polar surface area (TPSA) is 30.5 Å². The van der Waals surface area contributed by atoms with Gasteiger partial charge in [0.2, 0.25) is 0 Å². The third kappa shape index (κ3) is 12.3. The maximum absolute atomic E-state index is 5.53. The molecule has 0 fully saturated rings. The van der Waals surface area contributed by atoms with E-state index in [-0.39, 0.29) is 0 Å². The summed E-state index contributed by atoms with van der Waals surface area (Å²) in [6.45, 7) is 17.3. The lowest BCUT2D eigenvalue weighted by molar-refractivity contribution is 0.0390. The van der Waals surface area contributed by atoms with Crippen LogP contribution in [0.15, 0.2) is 0 Å². The van der Waals surface area contributed by atoms with Gasteiger partial charge in [0.15, 0.2) is 0 Å². The zero-order valence-electron chi connectivity index (χ0n) is 13.2. The Balaban J connectivity index is 3.17. The van der Waals surface area contributed by atoms with Crippen molar-refractivity contribution in [3.05, 3.63) is 0 Å². The summed E-state index contributed by atoms with van der Waals surface area (Å²) in [6, 6.07) is 0.552. The lowest BCUT2D eigenvalue weighted by Crippen LogP contribution is -2.33. The third-order valence-electron chi connectivity index (χ3n) is 3.08. The van der Waals surface area contributed by atoms with E-state index >= 15 is 0 Å². The molecule has 1 atom stereocenters. The fraction of sp³-hybridized carbons (Fsp3) is 1.00. The zero-order chi connectivity index (χ0) is 14.0. The van der Waals surface area contributed by atoms with Crippen molar-refractivity contribution in [1.82, 2.24) is 5.32 Å². The molecule has 0 saturated carbocycles. The van der Waals surface area contributed by atoms with E-state index in [0.717, 1.165) is 26.2 Å². The van der Waals surface area contributed by atoms with Crippen molar-refractivity contribution >= 4 is 0 Å². The fourth-order valence-electron chi connectivity index (χ4n) is 1.29. The number of ether oxygens (including phenoxy) is 2. The van der Waals surface area contributed by atoms with Gasteiger partial charge in [0.1, 0.15) is 0 Å². The SMILES string of the molecule is CC(C)[C@H](C)NCCOCCOCCC(C)(C)C. The van der Waals surface area contributed by atoms with Gasteiger partial charge in [-0.05, 0) is 24.7 Å². The molecular formula is C15H33NO2. The van der Waals surface area contributed by atoms with Gasteiger partial charge in [-0.2, -0.15) is 0 Å². The van der Waals surface area contributed by atoms with Crippen LogP contribution in [0.4, 0.5) is 0 Å². The maximum atomic E-state index is 5.53. The number of hydrogen-bond donors (Lipinski definition) is 1. The highest BCUT2D eigenvalue weighted by Gasteiger charge is 2.09. The predicted octanol–water partition coefficient (Wildman–Crippen LogP) is 3.09. The Kier molecular flexibility index (Phi) is 9.70. The predicted molar refractivity (Wildman–Crippen MR) is 78.0 cm³/mol. The van der Waals surface area contributed by atoms with Crippen molar-refractivity contribution in [1.29, 1.82) is 0 Å². The molecule has 0 aromatic carbocycles. The number of rotatable bonds is 10. The van der Waals surface area contributed by atoms with E-state index in [1.807, 2.05) is 0 Å². The van der Waals surface area contributed by atoms with Crippen LogP contribution in [-0.4, -0.2) is 39.0 Å². The van der Waals surface area contributed by atoms with Gasteiger partial charge < -0.3 is 14.8 Å². The molecular weight excluding hydrogens is 226 g/mol. The van der Waals surface area contributed by atoms with Crippen LogP contribution in [0.25, 0.3) is 0 Å². The Labute approximate surface area is 114 Å². The van der Waals surface area contributed by atoms with Crippen molar-refractivity contribution in [3.63, 3.8) is 0 Å². The van der Waals surface area contributed by atoms with Gasteiger partial charge in [-0.3, -0.25) is 0 Å². The summed E-state index contributed by atoms with van der Waals surface area (Å²) in [5, 5.41) is 3.44. The second-order valence-electron chi connectivity index (χ2n) is 6.52. The van der Waals surface area contributed by atoms with E-state index in [1.165, 1.54) is 0 Å². The van der Waals surface area contributed by atoms with Gasteiger partial charge in [-0.1, -0.05) is 34.6 Å². The van der Waals surface area contributed by atoms with Crippen LogP contribution in [0.5, 0.6) is 0 Å². The van der Waals surface area contributed by atoms with Gasteiger partial charge in [-0.15, -0.1) is 0 Å². The summed E-state index contributed by atoms with van der Waals surface area (Å²) in [7, 11) is 0. The van der Waals surface area contributed by atoms with Gasteiger partial charge in [-0.25, -0.2) is 0 Å². The van der Waals surface area contributed by atoms with Crippen molar-refractivity contribution < 1.29 is 9.47 Å². The van der Waals surface area contributed by atoms with Gasteiger partial charge >= 0.3 is 0 Å². The molecule has 3 heteroatoms. The Morgan fingerprint density at radius 3 is 1.94 bits per heavy atom. The molecule has 0 heterocycles. The quantitative estimate of drug-likeness (QED) is 0.612. The van der Waals surface area contributed by atoms with Crippen LogP contribution >= 0.6 is 0 Å². The first-order valence-electron chi connectivity index (χ1n) is 7.22. The fourth-order valence-corrected chi connectivity index (χ4v) is 1.29. The van der Waals surface area contributed by atoms with E-state index in [0.29, 0.717) is 30.6 Å². The van der Waals surface area contributed by atoms with E-state index in [1.54, 1.807) is 0 Å². The molecule has 0 radical (unpaired) electrons. The van der Waals surface area contributed by atoms with Crippen LogP contribution in [-0.2, 0) is 9.47 Å². The molecule has 0 unspecified atom stereocenters. The second-order valence-corrected chi connectivity index (χ2v) is 6.52. The Hall–Kier alpha value is -0.120. The minimum atomic E-state index is 0.359. The smallest absolute Gasteiger partial charge is 0.0701 e. The summed E-state index contributed by atoms with van der Waals surface area (Å²) in [4.78, 5) is 0. The van der Waals surface area contributed by atoms with Crippen LogP contribution in [0.2, 0.25) is 0 Å². The molecule has 0 aromatic heterocycles. The number of hydrogen-bond acceptors (Lipinski definition) is 3. The van der Waals surface area contributed by atoms with Crippen LogP contribution in [0, 0.1) is 11.3 Å². The van der Waals surface area contributed by atoms with E-state index < -0.39 is 0 Å². The molecule has 0 aliphatic heterocycles. The van der Waals surface area contributed by atoms with Crippen molar-refractivity contribution in [3.8, 4) is 0 Å². The number of nitrogens with one attached hydrogen (secondary N) is 1. The standard InChI is InChI=1S/C15H33NO2/c1-13(2)14(3)16-8-10-18-12-11-17-9-7-15(4,5)6/h13-14,16H,7-12H2,1-6H3/t14-/m0/s1. The summed E-state index contributed by atoms with van der Waals surface area (Å²) in [5.41, 5.74) is 0.359. The summed E-state index contributed by atoms with van der Waals surface area (Å²) < 4.78 is 11.0. The molecule has 0 aromatic rings. The highest BCUT2D eigenvalue weighted by molar-refractivity contribution is 4.63. The molecule has 0 aliphatic rings. The molecule has 3 nitrogen and oxygen atoms in total. The Bertz CT molecular complexity index is 187. The molecule has 0 amide bonds. The average molecular weight is 259 g/mol. The van der Waals surface area contributed by atoms with Gasteiger partial charge in [0.05, 0.1) is 19.8 Å². The minimum absolute atomic E-state index is 0.359. The second kappa shape index (κ2) is 9.76. The van der Waals surface area contributed by atoms with Crippen LogP contribution in [0.1, 0.15) is 48.0 Å². The first kappa shape index (κ1) is 17.9. The molecule has 1 N–H and O–H groups in total. The maximum Gasteiger partial charge on any atom is 0.0701 e. The molecule has 0 aliphatic carbocycles. The highest BCUT2D eigenvalue weighted by atomic mass is 16.5. The molecule has 0 saturated heterocycles. The van der Waals surface area contributed by atoms with Crippen LogP contribution in [0.3, 0.4) is 0 Å². The van der Waals surface area contributed by atoms with E-state index in [2.05, 4.69) is 46.9 Å². The zero-order valence-corrected chi connectivity index (χ0v) is 13.2. The third-order valence-corrected chi connectivity index (χ3v) is 3.08. The molecule has 0 bridgehead atoms. The van der Waals surface area contributed by atoms with E-state index in [9.17, 15) is 0 Å². The van der Waals surface area contributed by atoms with Gasteiger partial charge in [0.25, 0.3) is 0 Å². The largest absolute Gasteiger partial charge is 0.379 e. The van der Waals surface area contributed by atoms with Crippen molar-refractivity contribution in [2.24, 2.45) is 11.3 Å². The lowest BCUT2D eigenvalue weighted by atomic mass is 9.93. The summed E-state index contributed by atoms with van der Waals surface area (Å²) >= 11 is 0. The molecule has 0 spiro atoms. The van der Waals surface area contributed by atoms with Crippen molar-refractivity contribution in [2.75, 3.05) is 33.0 Å². The lowest BCUT2D eigenvalue weighted by Gasteiger charge is -2.18. The molecule has 18 heavy (non-hydrogen) atoms. The van der Waals surface area contributed by atoms with E-state index in [4.69, 9.17) is 9.47 Å². The summed E-state index contributed by atoms with van der Waals surface area (Å²) in [5.74, 6) is 0.672. The molecule has 110 valence electrons. The Morgan fingerprint density at radius 2 is 1.44 bits per heavy atom. The molecule has 0 rings (SSSR count).